The highest BCUT2D eigenvalue weighted by Crippen LogP contribution is 2.28. The van der Waals surface area contributed by atoms with Crippen LogP contribution in [0.15, 0.2) is 60.7 Å². The number of nitrogens with one attached hydrogen (secondary N) is 2. The smallest absolute Gasteiger partial charge is 0.338 e. The van der Waals surface area contributed by atoms with Crippen molar-refractivity contribution >= 4 is 40.2 Å². The van der Waals surface area contributed by atoms with E-state index < -0.39 is 18.0 Å². The van der Waals surface area contributed by atoms with Gasteiger partial charge in [-0.3, -0.25) is 4.79 Å². The van der Waals surface area contributed by atoms with E-state index in [1.165, 1.54) is 14.0 Å². The Kier molecular flexibility index (Phi) is 6.33. The van der Waals surface area contributed by atoms with Gasteiger partial charge in [0.1, 0.15) is 11.6 Å². The molecule has 1 aromatic heterocycles. The molecule has 1 heterocycles. The number of carbonyl (C=O) groups is 2. The van der Waals surface area contributed by atoms with Crippen molar-refractivity contribution in [1.82, 2.24) is 9.97 Å². The molecular weight excluding hydrogens is 442 g/mol. The quantitative estimate of drug-likeness (QED) is 0.374. The molecule has 0 bridgehead atoms. The number of aryl methyl sites for hydroxylation is 1. The van der Waals surface area contributed by atoms with E-state index in [-0.39, 0.29) is 0 Å². The molecule has 0 spiro atoms. The molecule has 0 aliphatic heterocycles. The number of rotatable bonds is 6. The highest BCUT2D eigenvalue weighted by molar-refractivity contribution is 6.31. The van der Waals surface area contributed by atoms with Gasteiger partial charge in [0.25, 0.3) is 5.91 Å². The Morgan fingerprint density at radius 1 is 1.06 bits per heavy atom. The number of H-pyrrole nitrogens is 1. The maximum Gasteiger partial charge on any atom is 0.338 e. The van der Waals surface area contributed by atoms with E-state index in [0.29, 0.717) is 33.4 Å². The molecular formula is C25H22ClN3O4. The van der Waals surface area contributed by atoms with Gasteiger partial charge >= 0.3 is 5.97 Å². The van der Waals surface area contributed by atoms with Crippen LogP contribution in [0.5, 0.6) is 5.75 Å². The predicted molar refractivity (Wildman–Crippen MR) is 128 cm³/mol. The summed E-state index contributed by atoms with van der Waals surface area (Å²) in [5, 5.41) is 3.11. The van der Waals surface area contributed by atoms with Crippen LogP contribution in [0.4, 0.5) is 5.69 Å². The van der Waals surface area contributed by atoms with Gasteiger partial charge in [0, 0.05) is 10.6 Å². The third kappa shape index (κ3) is 4.99. The average Bonchev–Trinajstić information content (AvgIpc) is 3.23. The van der Waals surface area contributed by atoms with E-state index in [4.69, 9.17) is 21.1 Å². The van der Waals surface area contributed by atoms with Gasteiger partial charge in [-0.05, 0) is 50.2 Å². The van der Waals surface area contributed by atoms with Gasteiger partial charge in [-0.25, -0.2) is 9.78 Å². The maximum atomic E-state index is 12.7. The van der Waals surface area contributed by atoms with Crippen LogP contribution < -0.4 is 10.1 Å². The van der Waals surface area contributed by atoms with Gasteiger partial charge in [-0.1, -0.05) is 41.4 Å². The van der Waals surface area contributed by atoms with Crippen LogP contribution >= 0.6 is 11.6 Å². The number of hydrogen-bond donors (Lipinski definition) is 2. The number of benzene rings is 3. The van der Waals surface area contributed by atoms with Crippen molar-refractivity contribution < 1.29 is 19.1 Å². The number of carbonyl (C=O) groups excluding carboxylic acids is 2. The topological polar surface area (TPSA) is 93.3 Å². The molecule has 0 fully saturated rings. The summed E-state index contributed by atoms with van der Waals surface area (Å²) in [6.07, 6.45) is -1.04. The van der Waals surface area contributed by atoms with Crippen LogP contribution in [-0.4, -0.2) is 35.1 Å². The highest BCUT2D eigenvalue weighted by atomic mass is 35.5. The molecule has 0 saturated heterocycles. The molecule has 168 valence electrons. The van der Waals surface area contributed by atoms with Gasteiger partial charge in [0.15, 0.2) is 6.10 Å². The normalized spacial score (nSPS) is 11.8. The molecule has 1 atom stereocenters. The Morgan fingerprint density at radius 3 is 2.55 bits per heavy atom. The summed E-state index contributed by atoms with van der Waals surface area (Å²) in [5.41, 5.74) is 4.22. The summed E-state index contributed by atoms with van der Waals surface area (Å²) >= 11 is 6.00. The third-order valence-corrected chi connectivity index (χ3v) is 5.35. The zero-order chi connectivity index (χ0) is 23.5. The highest BCUT2D eigenvalue weighted by Gasteiger charge is 2.21. The van der Waals surface area contributed by atoms with Crippen molar-refractivity contribution in [3.05, 3.63) is 76.8 Å². The lowest BCUT2D eigenvalue weighted by molar-refractivity contribution is -0.123. The molecule has 7 nitrogen and oxygen atoms in total. The fraction of sp³-hybridized carbons (Fsp3) is 0.160. The van der Waals surface area contributed by atoms with Crippen LogP contribution in [-0.2, 0) is 9.53 Å². The lowest BCUT2D eigenvalue weighted by Crippen LogP contribution is -2.30. The van der Waals surface area contributed by atoms with Gasteiger partial charge in [-0.2, -0.15) is 0 Å². The molecule has 1 amide bonds. The van der Waals surface area contributed by atoms with E-state index in [9.17, 15) is 9.59 Å². The largest absolute Gasteiger partial charge is 0.495 e. The average molecular weight is 464 g/mol. The minimum atomic E-state index is -1.04. The molecule has 4 rings (SSSR count). The molecule has 4 aromatic rings. The van der Waals surface area contributed by atoms with Crippen molar-refractivity contribution in [3.8, 4) is 17.1 Å². The molecule has 0 aliphatic carbocycles. The molecule has 8 heteroatoms. The molecule has 33 heavy (non-hydrogen) atoms. The number of anilines is 1. The summed E-state index contributed by atoms with van der Waals surface area (Å²) in [4.78, 5) is 33.0. The van der Waals surface area contributed by atoms with E-state index >= 15 is 0 Å². The number of aromatic amines is 1. The van der Waals surface area contributed by atoms with Crippen molar-refractivity contribution in [1.29, 1.82) is 0 Å². The van der Waals surface area contributed by atoms with Gasteiger partial charge in [-0.15, -0.1) is 0 Å². The minimum Gasteiger partial charge on any atom is -0.495 e. The number of aromatic nitrogens is 2. The first kappa shape index (κ1) is 22.4. The lowest BCUT2D eigenvalue weighted by atomic mass is 10.1. The molecule has 0 saturated carbocycles. The zero-order valence-electron chi connectivity index (χ0n) is 18.3. The Morgan fingerprint density at radius 2 is 1.82 bits per heavy atom. The Labute approximate surface area is 195 Å². The summed E-state index contributed by atoms with van der Waals surface area (Å²) in [6.45, 7) is 3.52. The first-order valence-corrected chi connectivity index (χ1v) is 10.6. The number of imidazole rings is 1. The van der Waals surface area contributed by atoms with E-state index in [1.54, 1.807) is 36.4 Å². The Hall–Kier alpha value is -3.84. The van der Waals surface area contributed by atoms with Crippen LogP contribution in [0.3, 0.4) is 0 Å². The lowest BCUT2D eigenvalue weighted by Gasteiger charge is -2.15. The SMILES string of the molecule is COc1ccc(Cl)cc1NC(=O)C(C)OC(=O)c1ccc2nc(-c3ccc(C)cc3)[nH]c2c1. The second kappa shape index (κ2) is 9.34. The number of fused-ring (bicyclic) bond motifs is 1. The minimum absolute atomic E-state index is 0.307. The number of amides is 1. The van der Waals surface area contributed by atoms with E-state index in [1.807, 2.05) is 31.2 Å². The van der Waals surface area contributed by atoms with E-state index in [2.05, 4.69) is 15.3 Å². The van der Waals surface area contributed by atoms with E-state index in [0.717, 1.165) is 16.6 Å². The summed E-state index contributed by atoms with van der Waals surface area (Å²) < 4.78 is 10.6. The fourth-order valence-corrected chi connectivity index (χ4v) is 3.45. The molecule has 0 radical (unpaired) electrons. The van der Waals surface area contributed by atoms with Crippen molar-refractivity contribution in [2.45, 2.75) is 20.0 Å². The number of methoxy groups -OCH3 is 1. The van der Waals surface area contributed by atoms with Crippen molar-refractivity contribution in [3.63, 3.8) is 0 Å². The van der Waals surface area contributed by atoms with Crippen LogP contribution in [0.2, 0.25) is 5.02 Å². The standard InChI is InChI=1S/C25H22ClN3O4/c1-14-4-6-16(7-5-14)23-27-19-10-8-17(12-20(19)28-23)25(31)33-15(2)24(30)29-21-13-18(26)9-11-22(21)32-3/h4-13,15H,1-3H3,(H,27,28)(H,29,30). The number of hydrogen-bond acceptors (Lipinski definition) is 5. The fourth-order valence-electron chi connectivity index (χ4n) is 3.28. The molecule has 1 unspecified atom stereocenters. The monoisotopic (exact) mass is 463 g/mol. The van der Waals surface area contributed by atoms with Crippen molar-refractivity contribution in [2.75, 3.05) is 12.4 Å². The third-order valence-electron chi connectivity index (χ3n) is 5.12. The van der Waals surface area contributed by atoms with Crippen LogP contribution in [0, 0.1) is 6.92 Å². The van der Waals surface area contributed by atoms with Crippen molar-refractivity contribution in [2.24, 2.45) is 0 Å². The number of halogens is 1. The summed E-state index contributed by atoms with van der Waals surface area (Å²) in [7, 11) is 1.48. The number of esters is 1. The maximum absolute atomic E-state index is 12.7. The summed E-state index contributed by atoms with van der Waals surface area (Å²) in [5.74, 6) is 0.0244. The van der Waals surface area contributed by atoms with Crippen LogP contribution in [0.1, 0.15) is 22.8 Å². The van der Waals surface area contributed by atoms with Gasteiger partial charge < -0.3 is 19.8 Å². The molecule has 3 aromatic carbocycles. The van der Waals surface area contributed by atoms with Gasteiger partial charge in [0.05, 0.1) is 29.4 Å². The second-order valence-corrected chi connectivity index (χ2v) is 8.00. The first-order valence-electron chi connectivity index (χ1n) is 10.3. The number of ether oxygens (including phenoxy) is 2. The Bertz CT molecular complexity index is 1330. The Balaban J connectivity index is 1.47. The zero-order valence-corrected chi connectivity index (χ0v) is 19.1. The molecule has 0 aliphatic rings. The summed E-state index contributed by atoms with van der Waals surface area (Å²) in [6, 6.07) is 17.9. The molecule has 2 N–H and O–H groups in total. The van der Waals surface area contributed by atoms with Crippen LogP contribution in [0.25, 0.3) is 22.4 Å². The van der Waals surface area contributed by atoms with Gasteiger partial charge in [0.2, 0.25) is 0 Å². The second-order valence-electron chi connectivity index (χ2n) is 7.56. The first-order chi connectivity index (χ1) is 15.8. The number of nitrogens with zero attached hydrogens (tertiary/aromatic N) is 1. The predicted octanol–water partition coefficient (Wildman–Crippen LogP) is 5.38.